The smallest absolute Gasteiger partial charge is 0.419 e. The molecule has 0 amide bonds. The van der Waals surface area contributed by atoms with Crippen molar-refractivity contribution in [3.05, 3.63) is 58.8 Å². The molecule has 9 nitrogen and oxygen atoms in total. The topological polar surface area (TPSA) is 91.3 Å². The standard InChI is InChI=1S/C35H45F2N3O6/c1-22-16-29(44-6)26(24-10-13-40(30(22)24)32(42)46-33(2,3)4)19-39-14-11-34(20-35(36,37)21-34)18-28(39)25-9-8-23(31(41)45-7)17-27(25)38-12-15-43-5/h8-10,13,16-17,28,38H,11-12,14-15,18-21H2,1-7H3. The van der Waals surface area contributed by atoms with Crippen LogP contribution in [0.15, 0.2) is 36.5 Å². The van der Waals surface area contributed by atoms with Gasteiger partial charge < -0.3 is 24.3 Å². The number of anilines is 1. The molecule has 2 aromatic carbocycles. The number of halogens is 2. The second-order valence-electron chi connectivity index (χ2n) is 13.7. The first-order chi connectivity index (χ1) is 21.7. The Morgan fingerprint density at radius 2 is 1.83 bits per heavy atom. The summed E-state index contributed by atoms with van der Waals surface area (Å²) in [5.41, 5.74) is 3.39. The molecule has 5 rings (SSSR count). The molecule has 1 unspecified atom stereocenters. The molecule has 2 fully saturated rings. The molecule has 1 atom stereocenters. The maximum atomic E-state index is 14.3. The fraction of sp³-hybridized carbons (Fsp3) is 0.543. The average Bonchev–Trinajstić information content (AvgIpc) is 3.43. The number of ether oxygens (including phenoxy) is 4. The molecule has 3 aromatic rings. The molecule has 1 aromatic heterocycles. The number of hydrogen-bond acceptors (Lipinski definition) is 8. The molecule has 0 bridgehead atoms. The number of methoxy groups -OCH3 is 3. The van der Waals surface area contributed by atoms with Gasteiger partial charge in [-0.25, -0.2) is 18.4 Å². The van der Waals surface area contributed by atoms with Crippen LogP contribution in [0.25, 0.3) is 10.9 Å². The highest BCUT2D eigenvalue weighted by Gasteiger charge is 2.58. The minimum absolute atomic E-state index is 0.131. The van der Waals surface area contributed by atoms with Gasteiger partial charge >= 0.3 is 12.1 Å². The number of esters is 1. The molecule has 11 heteroatoms. The number of piperidine rings is 1. The molecule has 2 heterocycles. The van der Waals surface area contributed by atoms with Crippen LogP contribution in [0.4, 0.5) is 19.3 Å². The SMILES string of the molecule is COCCNc1cc(C(=O)OC)ccc1C1CC2(CCN1Cc1c(OC)cc(C)c3c1ccn3C(=O)OC(C)(C)C)CC(F)(F)C2. The summed E-state index contributed by atoms with van der Waals surface area (Å²) in [7, 11) is 4.57. The second kappa shape index (κ2) is 12.8. The molecular formula is C35H45F2N3O6. The van der Waals surface area contributed by atoms with Crippen LogP contribution in [0.1, 0.15) is 79.5 Å². The fourth-order valence-corrected chi connectivity index (χ4v) is 7.15. The molecule has 1 aliphatic heterocycles. The first-order valence-electron chi connectivity index (χ1n) is 15.7. The van der Waals surface area contributed by atoms with Crippen LogP contribution in [0.3, 0.4) is 0 Å². The van der Waals surface area contributed by atoms with Gasteiger partial charge in [-0.15, -0.1) is 0 Å². The Morgan fingerprint density at radius 3 is 2.46 bits per heavy atom. The van der Waals surface area contributed by atoms with Crippen LogP contribution in [0.2, 0.25) is 0 Å². The van der Waals surface area contributed by atoms with E-state index in [9.17, 15) is 18.4 Å². The number of nitrogens with one attached hydrogen (secondary N) is 1. The second-order valence-corrected chi connectivity index (χ2v) is 13.7. The van der Waals surface area contributed by atoms with E-state index in [0.717, 1.165) is 33.3 Å². The monoisotopic (exact) mass is 641 g/mol. The fourth-order valence-electron chi connectivity index (χ4n) is 7.15. The Balaban J connectivity index is 1.58. The van der Waals surface area contributed by atoms with E-state index < -0.39 is 29.0 Å². The summed E-state index contributed by atoms with van der Waals surface area (Å²) in [5.74, 6) is -2.43. The zero-order chi connectivity index (χ0) is 33.4. The Bertz CT molecular complexity index is 1600. The van der Waals surface area contributed by atoms with Gasteiger partial charge in [0.25, 0.3) is 0 Å². The van der Waals surface area contributed by atoms with E-state index in [-0.39, 0.29) is 18.9 Å². The Morgan fingerprint density at radius 1 is 1.09 bits per heavy atom. The molecule has 1 saturated heterocycles. The minimum atomic E-state index is -2.65. The van der Waals surface area contributed by atoms with Crippen LogP contribution in [0.5, 0.6) is 5.75 Å². The summed E-state index contributed by atoms with van der Waals surface area (Å²) < 4.78 is 52.0. The van der Waals surface area contributed by atoms with E-state index in [2.05, 4.69) is 10.2 Å². The lowest BCUT2D eigenvalue weighted by molar-refractivity contribution is -0.186. The van der Waals surface area contributed by atoms with Crippen molar-refractivity contribution in [1.82, 2.24) is 9.47 Å². The lowest BCUT2D eigenvalue weighted by atomic mass is 9.58. The van der Waals surface area contributed by atoms with Crippen LogP contribution < -0.4 is 10.1 Å². The predicted molar refractivity (Wildman–Crippen MR) is 172 cm³/mol. The van der Waals surface area contributed by atoms with Crippen molar-refractivity contribution < 1.29 is 37.3 Å². The predicted octanol–water partition coefficient (Wildman–Crippen LogP) is 7.34. The number of carbonyl (C=O) groups excluding carboxylic acids is 2. The van der Waals surface area contributed by atoms with Crippen molar-refractivity contribution in [2.24, 2.45) is 5.41 Å². The van der Waals surface area contributed by atoms with Gasteiger partial charge in [0.15, 0.2) is 0 Å². The number of fused-ring (bicyclic) bond motifs is 1. The number of alkyl halides is 2. The van der Waals surface area contributed by atoms with Gasteiger partial charge in [-0.1, -0.05) is 6.07 Å². The van der Waals surface area contributed by atoms with Crippen LogP contribution in [0, 0.1) is 12.3 Å². The third kappa shape index (κ3) is 6.85. The summed E-state index contributed by atoms with van der Waals surface area (Å²) in [6, 6.07) is 8.97. The molecule has 1 aliphatic carbocycles. The minimum Gasteiger partial charge on any atom is -0.496 e. The van der Waals surface area contributed by atoms with Gasteiger partial charge in [-0.3, -0.25) is 9.47 Å². The molecule has 250 valence electrons. The van der Waals surface area contributed by atoms with Gasteiger partial charge in [0, 0.05) is 61.9 Å². The third-order valence-electron chi connectivity index (χ3n) is 9.12. The van der Waals surface area contributed by atoms with Crippen molar-refractivity contribution in [2.45, 2.75) is 77.5 Å². The summed E-state index contributed by atoms with van der Waals surface area (Å²) in [6.45, 7) is 9.39. The molecule has 2 aliphatic rings. The normalized spacial score (nSPS) is 19.1. The highest BCUT2D eigenvalue weighted by molar-refractivity contribution is 5.95. The van der Waals surface area contributed by atoms with E-state index >= 15 is 0 Å². The average molecular weight is 642 g/mol. The van der Waals surface area contributed by atoms with E-state index in [1.54, 1.807) is 32.5 Å². The number of nitrogens with zero attached hydrogens (tertiary/aromatic N) is 2. The van der Waals surface area contributed by atoms with E-state index in [0.29, 0.717) is 50.4 Å². The van der Waals surface area contributed by atoms with Gasteiger partial charge in [-0.2, -0.15) is 0 Å². The number of hydrogen-bond donors (Lipinski definition) is 1. The van der Waals surface area contributed by atoms with E-state index in [4.69, 9.17) is 18.9 Å². The highest BCUT2D eigenvalue weighted by Crippen LogP contribution is 2.61. The van der Waals surface area contributed by atoms with Gasteiger partial charge in [0.2, 0.25) is 5.92 Å². The van der Waals surface area contributed by atoms with Crippen molar-refractivity contribution in [2.75, 3.05) is 46.3 Å². The summed E-state index contributed by atoms with van der Waals surface area (Å²) >= 11 is 0. The van der Waals surface area contributed by atoms with Gasteiger partial charge in [0.1, 0.15) is 11.4 Å². The lowest BCUT2D eigenvalue weighted by Gasteiger charge is -2.55. The lowest BCUT2D eigenvalue weighted by Crippen LogP contribution is -2.53. The first-order valence-corrected chi connectivity index (χ1v) is 15.7. The quantitative estimate of drug-likeness (QED) is 0.192. The molecule has 0 radical (unpaired) electrons. The van der Waals surface area contributed by atoms with E-state index in [1.807, 2.05) is 45.9 Å². The molecular weight excluding hydrogens is 596 g/mol. The van der Waals surface area contributed by atoms with Crippen molar-refractivity contribution in [3.63, 3.8) is 0 Å². The van der Waals surface area contributed by atoms with Gasteiger partial charge in [-0.05, 0) is 87.9 Å². The zero-order valence-electron chi connectivity index (χ0n) is 27.8. The molecule has 1 spiro atoms. The number of rotatable bonds is 9. The third-order valence-corrected chi connectivity index (χ3v) is 9.12. The van der Waals surface area contributed by atoms with E-state index in [1.165, 1.54) is 11.7 Å². The maximum Gasteiger partial charge on any atom is 0.419 e. The molecule has 1 N–H and O–H groups in total. The van der Waals surface area contributed by atoms with Crippen LogP contribution in [-0.2, 0) is 20.8 Å². The highest BCUT2D eigenvalue weighted by atomic mass is 19.3. The van der Waals surface area contributed by atoms with Crippen molar-refractivity contribution in [1.29, 1.82) is 0 Å². The van der Waals surface area contributed by atoms with Crippen molar-refractivity contribution >= 4 is 28.7 Å². The number of aromatic nitrogens is 1. The number of carbonyl (C=O) groups is 2. The Labute approximate surface area is 269 Å². The Hall–Kier alpha value is -3.70. The van der Waals surface area contributed by atoms with Crippen LogP contribution >= 0.6 is 0 Å². The molecule has 1 saturated carbocycles. The number of likely N-dealkylation sites (tertiary alicyclic amines) is 1. The van der Waals surface area contributed by atoms with Gasteiger partial charge in [0.05, 0.1) is 31.9 Å². The Kier molecular flexibility index (Phi) is 9.39. The zero-order valence-corrected chi connectivity index (χ0v) is 27.8. The number of benzene rings is 2. The summed E-state index contributed by atoms with van der Waals surface area (Å²) in [6.07, 6.45) is 2.17. The van der Waals surface area contributed by atoms with Crippen molar-refractivity contribution in [3.8, 4) is 5.75 Å². The van der Waals surface area contributed by atoms with Crippen LogP contribution in [-0.4, -0.2) is 74.1 Å². The molecule has 46 heavy (non-hydrogen) atoms. The first kappa shape index (κ1) is 33.7. The summed E-state index contributed by atoms with van der Waals surface area (Å²) in [5, 5.41) is 4.26. The maximum absolute atomic E-state index is 14.3. The summed E-state index contributed by atoms with van der Waals surface area (Å²) in [4.78, 5) is 27.9. The largest absolute Gasteiger partial charge is 0.496 e. The number of aryl methyl sites for hydroxylation is 1.